The van der Waals surface area contributed by atoms with E-state index in [0.29, 0.717) is 13.2 Å². The Bertz CT molecular complexity index is 420. The fourth-order valence-electron chi connectivity index (χ4n) is 1.78. The maximum absolute atomic E-state index is 11.4. The van der Waals surface area contributed by atoms with Gasteiger partial charge in [-0.25, -0.2) is 4.79 Å². The van der Waals surface area contributed by atoms with E-state index in [1.165, 1.54) is 0 Å². The van der Waals surface area contributed by atoms with Gasteiger partial charge in [-0.2, -0.15) is 0 Å². The van der Waals surface area contributed by atoms with Crippen molar-refractivity contribution in [3.05, 3.63) is 48.3 Å². The highest BCUT2D eigenvalue weighted by molar-refractivity contribution is 5.67. The van der Waals surface area contributed by atoms with Gasteiger partial charge < -0.3 is 20.3 Å². The van der Waals surface area contributed by atoms with Crippen molar-refractivity contribution in [1.82, 2.24) is 15.5 Å². The lowest BCUT2D eigenvalue weighted by Gasteiger charge is -2.14. The fourth-order valence-corrected chi connectivity index (χ4v) is 1.78. The third-order valence-electron chi connectivity index (χ3n) is 2.80. The van der Waals surface area contributed by atoms with Gasteiger partial charge in [0.05, 0.1) is 6.67 Å². The molecule has 0 aliphatic carbocycles. The lowest BCUT2D eigenvalue weighted by Crippen LogP contribution is -2.29. The summed E-state index contributed by atoms with van der Waals surface area (Å²) in [5.74, 6) is 0. The Hall–Kier alpha value is -2.17. The number of hydrogen-bond acceptors (Lipinski definition) is 4. The van der Waals surface area contributed by atoms with Crippen LogP contribution in [-0.2, 0) is 11.3 Å². The minimum atomic E-state index is -0.362. The van der Waals surface area contributed by atoms with Crippen molar-refractivity contribution in [3.8, 4) is 0 Å². The van der Waals surface area contributed by atoms with Gasteiger partial charge in [0.2, 0.25) is 0 Å². The maximum Gasteiger partial charge on any atom is 0.407 e. The number of carbonyl (C=O) groups excluding carboxylic acids is 1. The first-order chi connectivity index (χ1) is 9.34. The molecule has 0 fully saturated rings. The number of nitrogens with zero attached hydrogens (tertiary/aromatic N) is 1. The van der Waals surface area contributed by atoms with E-state index in [2.05, 4.69) is 15.5 Å². The zero-order chi connectivity index (χ0) is 13.3. The molecule has 0 aromatic heterocycles. The van der Waals surface area contributed by atoms with Crippen molar-refractivity contribution < 1.29 is 9.53 Å². The van der Waals surface area contributed by atoms with Crippen molar-refractivity contribution >= 4 is 6.09 Å². The van der Waals surface area contributed by atoms with Gasteiger partial charge in [-0.1, -0.05) is 30.3 Å². The SMILES string of the molecule is O=C(NCCCN1C=CNC1)OCc1ccccc1. The van der Waals surface area contributed by atoms with Crippen molar-refractivity contribution in [2.75, 3.05) is 19.8 Å². The number of alkyl carbamates (subject to hydrolysis) is 1. The van der Waals surface area contributed by atoms with Gasteiger partial charge >= 0.3 is 6.09 Å². The summed E-state index contributed by atoms with van der Waals surface area (Å²) >= 11 is 0. The minimum Gasteiger partial charge on any atom is -0.445 e. The number of amides is 1. The topological polar surface area (TPSA) is 53.6 Å². The smallest absolute Gasteiger partial charge is 0.407 e. The summed E-state index contributed by atoms with van der Waals surface area (Å²) in [5, 5.41) is 5.84. The van der Waals surface area contributed by atoms with Crippen LogP contribution in [-0.4, -0.2) is 30.8 Å². The van der Waals surface area contributed by atoms with Gasteiger partial charge in [0, 0.05) is 25.5 Å². The number of ether oxygens (including phenoxy) is 1. The molecule has 2 N–H and O–H groups in total. The summed E-state index contributed by atoms with van der Waals surface area (Å²) in [6.07, 6.45) is 4.46. The summed E-state index contributed by atoms with van der Waals surface area (Å²) in [6, 6.07) is 9.65. The first kappa shape index (κ1) is 13.3. The summed E-state index contributed by atoms with van der Waals surface area (Å²) in [6.45, 7) is 2.70. The van der Waals surface area contributed by atoms with Crippen LogP contribution < -0.4 is 10.6 Å². The molecule has 1 amide bonds. The van der Waals surface area contributed by atoms with E-state index in [-0.39, 0.29) is 6.09 Å². The maximum atomic E-state index is 11.4. The van der Waals surface area contributed by atoms with Gasteiger partial charge in [0.25, 0.3) is 0 Å². The lowest BCUT2D eigenvalue weighted by atomic mass is 10.2. The van der Waals surface area contributed by atoms with Crippen LogP contribution in [0.15, 0.2) is 42.7 Å². The standard InChI is InChI=1S/C14H19N3O2/c18-14(19-11-13-5-2-1-3-6-13)16-7-4-9-17-10-8-15-12-17/h1-3,5-6,8,10,15H,4,7,9,11-12H2,(H,16,18). The van der Waals surface area contributed by atoms with Crippen LogP contribution in [0, 0.1) is 0 Å². The van der Waals surface area contributed by atoms with Gasteiger partial charge in [-0.15, -0.1) is 0 Å². The first-order valence-electron chi connectivity index (χ1n) is 6.43. The number of nitrogens with one attached hydrogen (secondary N) is 2. The van der Waals surface area contributed by atoms with Gasteiger partial charge in [0.1, 0.15) is 6.61 Å². The largest absolute Gasteiger partial charge is 0.445 e. The highest BCUT2D eigenvalue weighted by Gasteiger charge is 2.04. The third-order valence-corrected chi connectivity index (χ3v) is 2.80. The monoisotopic (exact) mass is 261 g/mol. The molecule has 1 aromatic carbocycles. The van der Waals surface area contributed by atoms with Crippen LogP contribution in [0.4, 0.5) is 4.79 Å². The Balaban J connectivity index is 1.53. The highest BCUT2D eigenvalue weighted by Crippen LogP contribution is 2.00. The zero-order valence-corrected chi connectivity index (χ0v) is 10.8. The quantitative estimate of drug-likeness (QED) is 0.764. The average molecular weight is 261 g/mol. The molecule has 0 spiro atoms. The van der Waals surface area contributed by atoms with Crippen molar-refractivity contribution in [1.29, 1.82) is 0 Å². The summed E-state index contributed by atoms with van der Waals surface area (Å²) in [7, 11) is 0. The predicted octanol–water partition coefficient (Wildman–Crippen LogP) is 1.64. The Morgan fingerprint density at radius 3 is 2.95 bits per heavy atom. The van der Waals surface area contributed by atoms with Crippen molar-refractivity contribution in [2.24, 2.45) is 0 Å². The van der Waals surface area contributed by atoms with E-state index in [1.54, 1.807) is 0 Å². The predicted molar refractivity (Wildman–Crippen MR) is 73.1 cm³/mol. The molecular formula is C14H19N3O2. The third kappa shape index (κ3) is 4.91. The first-order valence-corrected chi connectivity index (χ1v) is 6.43. The molecule has 0 atom stereocenters. The molecule has 0 saturated heterocycles. The average Bonchev–Trinajstić information content (AvgIpc) is 2.96. The summed E-state index contributed by atoms with van der Waals surface area (Å²) in [5.41, 5.74) is 0.992. The molecule has 0 saturated carbocycles. The molecule has 19 heavy (non-hydrogen) atoms. The van der Waals surface area contributed by atoms with Crippen LogP contribution in [0.3, 0.4) is 0 Å². The van der Waals surface area contributed by atoms with Crippen LogP contribution in [0.25, 0.3) is 0 Å². The fraction of sp³-hybridized carbons (Fsp3) is 0.357. The second kappa shape index (κ2) is 7.31. The van der Waals surface area contributed by atoms with E-state index in [0.717, 1.165) is 25.2 Å². The molecule has 1 aliphatic heterocycles. The number of benzene rings is 1. The van der Waals surface area contributed by atoms with Crippen LogP contribution >= 0.6 is 0 Å². The molecule has 0 unspecified atom stereocenters. The number of carbonyl (C=O) groups is 1. The van der Waals surface area contributed by atoms with Gasteiger partial charge in [-0.05, 0) is 12.0 Å². The van der Waals surface area contributed by atoms with Gasteiger partial charge in [0.15, 0.2) is 0 Å². The van der Waals surface area contributed by atoms with E-state index < -0.39 is 0 Å². The van der Waals surface area contributed by atoms with E-state index in [9.17, 15) is 4.79 Å². The minimum absolute atomic E-state index is 0.311. The Kier molecular flexibility index (Phi) is 5.10. The van der Waals surface area contributed by atoms with Crippen LogP contribution in [0.2, 0.25) is 0 Å². The molecule has 1 aromatic rings. The van der Waals surface area contributed by atoms with Crippen molar-refractivity contribution in [2.45, 2.75) is 13.0 Å². The van der Waals surface area contributed by atoms with Crippen LogP contribution in [0.1, 0.15) is 12.0 Å². The Morgan fingerprint density at radius 2 is 2.21 bits per heavy atom. The van der Waals surface area contributed by atoms with E-state index in [1.807, 2.05) is 42.7 Å². The zero-order valence-electron chi connectivity index (χ0n) is 10.8. The van der Waals surface area contributed by atoms with Gasteiger partial charge in [-0.3, -0.25) is 0 Å². The second-order valence-electron chi connectivity index (χ2n) is 4.33. The molecule has 102 valence electrons. The summed E-state index contributed by atoms with van der Waals surface area (Å²) < 4.78 is 5.11. The highest BCUT2D eigenvalue weighted by atomic mass is 16.5. The van der Waals surface area contributed by atoms with E-state index >= 15 is 0 Å². The number of rotatable bonds is 6. The molecule has 5 nitrogen and oxygen atoms in total. The van der Waals surface area contributed by atoms with Crippen LogP contribution in [0.5, 0.6) is 0 Å². The Morgan fingerprint density at radius 1 is 1.37 bits per heavy atom. The Labute approximate surface area is 113 Å². The molecule has 1 aliphatic rings. The molecule has 0 radical (unpaired) electrons. The molecule has 1 heterocycles. The second-order valence-corrected chi connectivity index (χ2v) is 4.33. The molecule has 5 heteroatoms. The molecular weight excluding hydrogens is 242 g/mol. The normalized spacial score (nSPS) is 13.2. The summed E-state index contributed by atoms with van der Waals surface area (Å²) in [4.78, 5) is 13.6. The molecule has 0 bridgehead atoms. The molecule has 2 rings (SSSR count). The van der Waals surface area contributed by atoms with E-state index in [4.69, 9.17) is 4.74 Å². The van der Waals surface area contributed by atoms with Crippen molar-refractivity contribution in [3.63, 3.8) is 0 Å². The number of hydrogen-bond donors (Lipinski definition) is 2. The lowest BCUT2D eigenvalue weighted by molar-refractivity contribution is 0.139.